The van der Waals surface area contributed by atoms with Crippen LogP contribution in [0.1, 0.15) is 41.5 Å². The maximum atomic E-state index is 13.4. The monoisotopic (exact) mass is 413 g/mol. The quantitative estimate of drug-likeness (QED) is 0.676. The van der Waals surface area contributed by atoms with Gasteiger partial charge in [0.25, 0.3) is 0 Å². The van der Waals surface area contributed by atoms with E-state index in [-0.39, 0.29) is 36.2 Å². The van der Waals surface area contributed by atoms with Gasteiger partial charge < -0.3 is 19.1 Å². The number of ether oxygens (including phenoxy) is 3. The molecule has 8 nitrogen and oxygen atoms in total. The third-order valence-electron chi connectivity index (χ3n) is 6.13. The summed E-state index contributed by atoms with van der Waals surface area (Å²) in [5.41, 5.74) is 3.06. The Bertz CT molecular complexity index is 970. The van der Waals surface area contributed by atoms with Crippen LogP contribution in [-0.2, 0) is 27.8 Å². The van der Waals surface area contributed by atoms with Crippen LogP contribution in [0.2, 0.25) is 0 Å². The number of aromatic nitrogens is 2. The average Bonchev–Trinajstić information content (AvgIpc) is 3.45. The number of carbonyl (C=O) groups is 2. The van der Waals surface area contributed by atoms with Crippen LogP contribution >= 0.6 is 0 Å². The molecule has 1 aliphatic heterocycles. The van der Waals surface area contributed by atoms with Crippen molar-refractivity contribution in [3.05, 3.63) is 41.2 Å². The molecule has 0 saturated heterocycles. The van der Waals surface area contributed by atoms with Crippen LogP contribution in [0.25, 0.3) is 0 Å². The molecule has 1 fully saturated rings. The van der Waals surface area contributed by atoms with Crippen LogP contribution in [0, 0.1) is 5.92 Å². The maximum Gasteiger partial charge on any atom is 0.307 e. The lowest BCUT2D eigenvalue weighted by atomic mass is 9.89. The van der Waals surface area contributed by atoms with Crippen molar-refractivity contribution >= 4 is 11.9 Å². The van der Waals surface area contributed by atoms with Gasteiger partial charge in [-0.25, -0.2) is 0 Å². The predicted molar refractivity (Wildman–Crippen MR) is 108 cm³/mol. The molecule has 1 saturated carbocycles. The molecule has 1 aliphatic carbocycles. The lowest BCUT2D eigenvalue weighted by Crippen LogP contribution is -2.42. The van der Waals surface area contributed by atoms with Crippen LogP contribution in [0.3, 0.4) is 0 Å². The predicted octanol–water partition coefficient (Wildman–Crippen LogP) is 2.23. The summed E-state index contributed by atoms with van der Waals surface area (Å²) in [5.74, 6) is 1.08. The van der Waals surface area contributed by atoms with E-state index in [2.05, 4.69) is 5.10 Å². The molecule has 0 spiro atoms. The standard InChI is InChI=1S/C22H27N3O5/c1-24-12-14(11-23-24)15-8-17(15)22(27)25-6-5-13-7-19(28-2)20(29-3)9-16(13)18(25)10-21(26)30-4/h7,9,11-12,15,17-18H,5-6,8,10H2,1-4H3. The molecular weight excluding hydrogens is 386 g/mol. The van der Waals surface area contributed by atoms with Gasteiger partial charge >= 0.3 is 5.97 Å². The minimum Gasteiger partial charge on any atom is -0.493 e. The molecule has 3 unspecified atom stereocenters. The van der Waals surface area contributed by atoms with Gasteiger partial charge in [0, 0.05) is 25.7 Å². The number of carbonyl (C=O) groups excluding carboxylic acids is 2. The summed E-state index contributed by atoms with van der Waals surface area (Å²) in [6.45, 7) is 0.555. The molecule has 0 bridgehead atoms. The van der Waals surface area contributed by atoms with Gasteiger partial charge in [0.05, 0.1) is 40.0 Å². The Balaban J connectivity index is 1.63. The van der Waals surface area contributed by atoms with Crippen LogP contribution < -0.4 is 9.47 Å². The zero-order chi connectivity index (χ0) is 21.4. The van der Waals surface area contributed by atoms with E-state index in [0.29, 0.717) is 24.5 Å². The fourth-order valence-corrected chi connectivity index (χ4v) is 4.43. The third-order valence-corrected chi connectivity index (χ3v) is 6.13. The number of rotatable bonds is 6. The zero-order valence-electron chi connectivity index (χ0n) is 17.8. The Hall–Kier alpha value is -3.03. The minimum atomic E-state index is -0.386. The Morgan fingerprint density at radius 2 is 1.90 bits per heavy atom. The number of amides is 1. The van der Waals surface area contributed by atoms with Crippen molar-refractivity contribution in [3.63, 3.8) is 0 Å². The first kappa shape index (κ1) is 20.3. The molecular formula is C22H27N3O5. The van der Waals surface area contributed by atoms with Gasteiger partial charge in [-0.2, -0.15) is 5.10 Å². The molecule has 4 rings (SSSR count). The summed E-state index contributed by atoms with van der Waals surface area (Å²) >= 11 is 0. The molecule has 2 heterocycles. The fraction of sp³-hybridized carbons (Fsp3) is 0.500. The van der Waals surface area contributed by atoms with E-state index in [9.17, 15) is 9.59 Å². The molecule has 0 N–H and O–H groups in total. The van der Waals surface area contributed by atoms with Crippen LogP contribution in [0.4, 0.5) is 0 Å². The van der Waals surface area contributed by atoms with Crippen LogP contribution in [0.5, 0.6) is 11.5 Å². The van der Waals surface area contributed by atoms with Gasteiger partial charge in [0.2, 0.25) is 5.91 Å². The first-order valence-electron chi connectivity index (χ1n) is 10.1. The topological polar surface area (TPSA) is 82.9 Å². The first-order valence-corrected chi connectivity index (χ1v) is 10.1. The Labute approximate surface area is 175 Å². The summed E-state index contributed by atoms with van der Waals surface area (Å²) < 4.78 is 17.6. The van der Waals surface area contributed by atoms with Crippen LogP contribution in [0.15, 0.2) is 24.5 Å². The smallest absolute Gasteiger partial charge is 0.307 e. The summed E-state index contributed by atoms with van der Waals surface area (Å²) in [5, 5.41) is 4.22. The Kier molecular flexibility index (Phi) is 5.40. The average molecular weight is 413 g/mol. The molecule has 160 valence electrons. The number of nitrogens with zero attached hydrogens (tertiary/aromatic N) is 3. The van der Waals surface area contributed by atoms with E-state index in [4.69, 9.17) is 14.2 Å². The van der Waals surface area contributed by atoms with E-state index < -0.39 is 0 Å². The summed E-state index contributed by atoms with van der Waals surface area (Å²) in [7, 11) is 6.42. The normalized spacial score (nSPS) is 22.3. The van der Waals surface area contributed by atoms with Gasteiger partial charge in [0.1, 0.15) is 0 Å². The van der Waals surface area contributed by atoms with Gasteiger partial charge in [-0.1, -0.05) is 0 Å². The summed E-state index contributed by atoms with van der Waals surface area (Å²) in [4.78, 5) is 27.4. The number of fused-ring (bicyclic) bond motifs is 1. The number of benzene rings is 1. The second-order valence-corrected chi connectivity index (χ2v) is 7.88. The van der Waals surface area contributed by atoms with Gasteiger partial charge in [0.15, 0.2) is 11.5 Å². The van der Waals surface area contributed by atoms with Gasteiger partial charge in [-0.15, -0.1) is 0 Å². The van der Waals surface area contributed by atoms with Crippen LogP contribution in [-0.4, -0.2) is 54.4 Å². The van der Waals surface area contributed by atoms with E-state index in [1.54, 1.807) is 18.9 Å². The van der Waals surface area contributed by atoms with Gasteiger partial charge in [-0.3, -0.25) is 14.3 Å². The third kappa shape index (κ3) is 3.62. The molecule has 2 aliphatic rings. The number of methoxy groups -OCH3 is 3. The molecule has 2 aromatic rings. The van der Waals surface area contributed by atoms with Crippen molar-refractivity contribution < 1.29 is 23.8 Å². The molecule has 1 aromatic heterocycles. The SMILES string of the molecule is COC(=O)CC1c2cc(OC)c(OC)cc2CCN1C(=O)C1CC1c1cnn(C)c1. The second-order valence-electron chi connectivity index (χ2n) is 7.88. The zero-order valence-corrected chi connectivity index (χ0v) is 17.8. The second kappa shape index (κ2) is 8.01. The highest BCUT2D eigenvalue weighted by Gasteiger charge is 2.48. The molecule has 8 heteroatoms. The first-order chi connectivity index (χ1) is 14.5. The number of esters is 1. The summed E-state index contributed by atoms with van der Waals surface area (Å²) in [6.07, 6.45) is 5.40. The van der Waals surface area contributed by atoms with Crippen molar-refractivity contribution in [2.75, 3.05) is 27.9 Å². The lowest BCUT2D eigenvalue weighted by Gasteiger charge is -2.37. The highest BCUT2D eigenvalue weighted by atomic mass is 16.5. The number of hydrogen-bond donors (Lipinski definition) is 0. The Morgan fingerprint density at radius 3 is 2.53 bits per heavy atom. The van der Waals surface area contributed by atoms with E-state index in [1.807, 2.05) is 36.5 Å². The highest BCUT2D eigenvalue weighted by Crippen LogP contribution is 2.50. The highest BCUT2D eigenvalue weighted by molar-refractivity contribution is 5.84. The van der Waals surface area contributed by atoms with E-state index >= 15 is 0 Å². The molecule has 1 aromatic carbocycles. The number of hydrogen-bond acceptors (Lipinski definition) is 6. The lowest BCUT2D eigenvalue weighted by molar-refractivity contribution is -0.144. The van der Waals surface area contributed by atoms with Crippen molar-refractivity contribution in [3.8, 4) is 11.5 Å². The Morgan fingerprint density at radius 1 is 1.17 bits per heavy atom. The molecule has 3 atom stereocenters. The van der Waals surface area contributed by atoms with E-state index in [0.717, 1.165) is 23.1 Å². The molecule has 30 heavy (non-hydrogen) atoms. The van der Waals surface area contributed by atoms with Gasteiger partial charge in [-0.05, 0) is 47.6 Å². The van der Waals surface area contributed by atoms with Crippen molar-refractivity contribution in [2.24, 2.45) is 13.0 Å². The molecule has 1 amide bonds. The maximum absolute atomic E-state index is 13.4. The number of aryl methyl sites for hydroxylation is 1. The van der Waals surface area contributed by atoms with E-state index in [1.165, 1.54) is 7.11 Å². The molecule has 0 radical (unpaired) electrons. The largest absolute Gasteiger partial charge is 0.493 e. The van der Waals surface area contributed by atoms with Crippen molar-refractivity contribution in [2.45, 2.75) is 31.2 Å². The minimum absolute atomic E-state index is 0.0731. The van der Waals surface area contributed by atoms with Crippen molar-refractivity contribution in [1.29, 1.82) is 0 Å². The van der Waals surface area contributed by atoms with Crippen molar-refractivity contribution in [1.82, 2.24) is 14.7 Å². The summed E-state index contributed by atoms with van der Waals surface area (Å²) in [6, 6.07) is 3.44. The fourth-order valence-electron chi connectivity index (χ4n) is 4.43.